The molecule has 0 aliphatic rings. The van der Waals surface area contributed by atoms with E-state index in [2.05, 4.69) is 15.0 Å². The van der Waals surface area contributed by atoms with Crippen molar-refractivity contribution in [3.63, 3.8) is 0 Å². The van der Waals surface area contributed by atoms with E-state index >= 15 is 0 Å². The van der Waals surface area contributed by atoms with Crippen LogP contribution in [0.4, 0.5) is 11.5 Å². The molecule has 29 heavy (non-hydrogen) atoms. The average molecular weight is 421 g/mol. The second kappa shape index (κ2) is 9.73. The lowest BCUT2D eigenvalue weighted by Crippen LogP contribution is -2.41. The number of nitrogens with zero attached hydrogens (tertiary/aromatic N) is 4. The van der Waals surface area contributed by atoms with Crippen LogP contribution in [0.1, 0.15) is 43.6 Å². The number of aryl methyl sites for hydroxylation is 2. The molecule has 0 fully saturated rings. The normalized spacial score (nSPS) is 10.9. The van der Waals surface area contributed by atoms with Crippen LogP contribution >= 0.6 is 11.8 Å². The van der Waals surface area contributed by atoms with E-state index in [0.717, 1.165) is 29.8 Å². The van der Waals surface area contributed by atoms with Crippen molar-refractivity contribution >= 4 is 29.2 Å². The molecule has 0 unspecified atom stereocenters. The van der Waals surface area contributed by atoms with Gasteiger partial charge in [-0.3, -0.25) is 19.1 Å². The molecule has 158 valence electrons. The molecule has 2 aromatic heterocycles. The van der Waals surface area contributed by atoms with E-state index in [0.29, 0.717) is 11.7 Å². The van der Waals surface area contributed by atoms with Crippen molar-refractivity contribution in [1.82, 2.24) is 19.5 Å². The number of nitrogen functional groups attached to an aromatic ring is 1. The highest BCUT2D eigenvalue weighted by atomic mass is 32.2. The Balaban J connectivity index is 2.30. The number of aromatic amines is 1. The first kappa shape index (κ1) is 22.7. The summed E-state index contributed by atoms with van der Waals surface area (Å²) in [6.07, 6.45) is 1.60. The zero-order chi connectivity index (χ0) is 21.7. The molecule has 9 nitrogen and oxygen atoms in total. The number of anilines is 2. The summed E-state index contributed by atoms with van der Waals surface area (Å²) in [5, 5.41) is 0.504. The number of carbonyl (C=O) groups is 1. The molecule has 1 amide bonds. The molecule has 0 bridgehead atoms. The van der Waals surface area contributed by atoms with E-state index in [1.807, 2.05) is 27.7 Å². The first-order chi connectivity index (χ1) is 13.7. The Morgan fingerprint density at radius 1 is 1.17 bits per heavy atom. The van der Waals surface area contributed by atoms with Crippen LogP contribution in [0.15, 0.2) is 14.7 Å². The Morgan fingerprint density at radius 3 is 2.34 bits per heavy atom. The number of aromatic nitrogens is 4. The van der Waals surface area contributed by atoms with Gasteiger partial charge in [0.2, 0.25) is 5.91 Å². The molecule has 2 aromatic rings. The number of amides is 1. The largest absolute Gasteiger partial charge is 0.383 e. The zero-order valence-corrected chi connectivity index (χ0v) is 18.4. The standard InChI is InChI=1S/C19H28N6O3S/c1-6-8-9-25-16(20)15(17(27)23-19(25)28)24(7-2)14(26)10-29-18-21-12(4)11(3)13(5)22-18/h6-10,20H2,1-5H3,(H,23,27,28). The van der Waals surface area contributed by atoms with Gasteiger partial charge in [-0.15, -0.1) is 0 Å². The molecule has 2 rings (SSSR count). The summed E-state index contributed by atoms with van der Waals surface area (Å²) >= 11 is 1.20. The maximum atomic E-state index is 12.9. The molecule has 2 heterocycles. The molecule has 0 aliphatic carbocycles. The van der Waals surface area contributed by atoms with Crippen molar-refractivity contribution < 1.29 is 4.79 Å². The highest BCUT2D eigenvalue weighted by Gasteiger charge is 2.23. The van der Waals surface area contributed by atoms with E-state index in [1.54, 1.807) is 6.92 Å². The Labute approximate surface area is 173 Å². The number of hydrogen-bond donors (Lipinski definition) is 2. The van der Waals surface area contributed by atoms with Gasteiger partial charge in [0, 0.05) is 24.5 Å². The molecular formula is C19H28N6O3S. The van der Waals surface area contributed by atoms with Crippen LogP contribution in [0.3, 0.4) is 0 Å². The molecule has 0 radical (unpaired) electrons. The topological polar surface area (TPSA) is 127 Å². The third-order valence-electron chi connectivity index (χ3n) is 4.77. The third-order valence-corrected chi connectivity index (χ3v) is 5.61. The smallest absolute Gasteiger partial charge is 0.330 e. The predicted molar refractivity (Wildman–Crippen MR) is 116 cm³/mol. The Hall–Kier alpha value is -2.62. The molecule has 0 spiro atoms. The Morgan fingerprint density at radius 2 is 1.79 bits per heavy atom. The van der Waals surface area contributed by atoms with Crippen LogP contribution in [-0.4, -0.2) is 37.7 Å². The minimum absolute atomic E-state index is 0.00525. The lowest BCUT2D eigenvalue weighted by atomic mass is 10.2. The minimum atomic E-state index is -0.668. The van der Waals surface area contributed by atoms with Crippen molar-refractivity contribution in [3.8, 4) is 0 Å². The second-order valence-electron chi connectivity index (χ2n) is 6.73. The summed E-state index contributed by atoms with van der Waals surface area (Å²) in [5.74, 6) is -0.261. The van der Waals surface area contributed by atoms with Crippen LogP contribution in [0.2, 0.25) is 0 Å². The molecular weight excluding hydrogens is 392 g/mol. The van der Waals surface area contributed by atoms with Gasteiger partial charge in [0.1, 0.15) is 5.82 Å². The van der Waals surface area contributed by atoms with Crippen LogP contribution < -0.4 is 21.9 Å². The molecule has 0 aliphatic heterocycles. The van der Waals surface area contributed by atoms with Crippen LogP contribution in [0.25, 0.3) is 0 Å². The highest BCUT2D eigenvalue weighted by Crippen LogP contribution is 2.21. The van der Waals surface area contributed by atoms with Crippen molar-refractivity contribution in [2.75, 3.05) is 22.9 Å². The van der Waals surface area contributed by atoms with Crippen LogP contribution in [0, 0.1) is 20.8 Å². The van der Waals surface area contributed by atoms with E-state index in [9.17, 15) is 14.4 Å². The molecule has 10 heteroatoms. The SMILES string of the molecule is CCCCn1c(N)c(N(CC)C(=O)CSc2nc(C)c(C)c(C)n2)c(=O)[nH]c1=O. The number of rotatable bonds is 8. The first-order valence-corrected chi connectivity index (χ1v) is 10.6. The fourth-order valence-corrected chi connectivity index (χ4v) is 3.66. The van der Waals surface area contributed by atoms with E-state index in [1.165, 1.54) is 21.2 Å². The maximum absolute atomic E-state index is 12.9. The van der Waals surface area contributed by atoms with Gasteiger partial charge in [-0.25, -0.2) is 14.8 Å². The number of nitrogens with one attached hydrogen (secondary N) is 1. The monoisotopic (exact) mass is 420 g/mol. The number of hydrogen-bond acceptors (Lipinski definition) is 7. The van der Waals surface area contributed by atoms with Crippen LogP contribution in [-0.2, 0) is 11.3 Å². The van der Waals surface area contributed by atoms with E-state index in [-0.39, 0.29) is 29.7 Å². The number of nitrogens with two attached hydrogens (primary N) is 1. The lowest BCUT2D eigenvalue weighted by Gasteiger charge is -2.23. The van der Waals surface area contributed by atoms with Crippen molar-refractivity contribution in [3.05, 3.63) is 37.8 Å². The number of H-pyrrole nitrogens is 1. The van der Waals surface area contributed by atoms with Crippen molar-refractivity contribution in [2.24, 2.45) is 0 Å². The van der Waals surface area contributed by atoms with Gasteiger partial charge in [0.15, 0.2) is 10.8 Å². The summed E-state index contributed by atoms with van der Waals surface area (Å²) in [5.41, 5.74) is 7.64. The third kappa shape index (κ3) is 5.06. The van der Waals surface area contributed by atoms with Gasteiger partial charge >= 0.3 is 5.69 Å². The minimum Gasteiger partial charge on any atom is -0.383 e. The van der Waals surface area contributed by atoms with Crippen molar-refractivity contribution in [1.29, 1.82) is 0 Å². The van der Waals surface area contributed by atoms with Gasteiger partial charge < -0.3 is 10.6 Å². The summed E-state index contributed by atoms with van der Waals surface area (Å²) < 4.78 is 1.30. The van der Waals surface area contributed by atoms with Gasteiger partial charge in [0.05, 0.1) is 5.75 Å². The molecule has 0 atom stereocenters. The van der Waals surface area contributed by atoms with E-state index in [4.69, 9.17) is 5.73 Å². The van der Waals surface area contributed by atoms with Gasteiger partial charge in [-0.1, -0.05) is 25.1 Å². The Bertz CT molecular complexity index is 991. The van der Waals surface area contributed by atoms with Gasteiger partial charge in [0.25, 0.3) is 5.56 Å². The first-order valence-electron chi connectivity index (χ1n) is 9.58. The maximum Gasteiger partial charge on any atom is 0.330 e. The number of unbranched alkanes of at least 4 members (excludes halogenated alkanes) is 1. The van der Waals surface area contributed by atoms with Crippen LogP contribution in [0.5, 0.6) is 0 Å². The number of thioether (sulfide) groups is 1. The van der Waals surface area contributed by atoms with Crippen molar-refractivity contribution in [2.45, 2.75) is 59.2 Å². The molecule has 3 N–H and O–H groups in total. The molecule has 0 saturated carbocycles. The van der Waals surface area contributed by atoms with E-state index < -0.39 is 11.2 Å². The summed E-state index contributed by atoms with van der Waals surface area (Å²) in [6.45, 7) is 10.1. The van der Waals surface area contributed by atoms with Gasteiger partial charge in [-0.2, -0.15) is 0 Å². The lowest BCUT2D eigenvalue weighted by molar-refractivity contribution is -0.116. The number of carbonyl (C=O) groups excluding carboxylic acids is 1. The zero-order valence-electron chi connectivity index (χ0n) is 17.5. The fourth-order valence-electron chi connectivity index (χ4n) is 2.85. The quantitative estimate of drug-likeness (QED) is 0.492. The summed E-state index contributed by atoms with van der Waals surface area (Å²) in [4.78, 5) is 49.7. The molecule has 0 aromatic carbocycles. The summed E-state index contributed by atoms with van der Waals surface area (Å²) in [7, 11) is 0. The molecule has 0 saturated heterocycles. The van der Waals surface area contributed by atoms with Gasteiger partial charge in [-0.05, 0) is 39.7 Å². The Kier molecular flexibility index (Phi) is 7.60. The second-order valence-corrected chi connectivity index (χ2v) is 7.67. The predicted octanol–water partition coefficient (Wildman–Crippen LogP) is 1.78. The fraction of sp³-hybridized carbons (Fsp3) is 0.526. The summed E-state index contributed by atoms with van der Waals surface area (Å²) in [6, 6.07) is 0. The average Bonchev–Trinajstić information content (AvgIpc) is 2.67. The highest BCUT2D eigenvalue weighted by molar-refractivity contribution is 7.99.